The van der Waals surface area contributed by atoms with Crippen molar-refractivity contribution in [1.82, 2.24) is 15.5 Å². The number of phenols is 1. The minimum atomic E-state index is -0.880. The van der Waals surface area contributed by atoms with Gasteiger partial charge in [-0.1, -0.05) is 39.3 Å². The molecule has 0 bridgehead atoms. The molecule has 3 atom stereocenters. The molecule has 1 aromatic rings. The topological polar surface area (TPSA) is 108 Å². The molecule has 0 aromatic heterocycles. The first kappa shape index (κ1) is 28.5. The molecule has 0 heterocycles. The third kappa shape index (κ3) is 8.15. The molecule has 1 aliphatic rings. The summed E-state index contributed by atoms with van der Waals surface area (Å²) in [5, 5.41) is 15.6. The van der Waals surface area contributed by atoms with Gasteiger partial charge in [0, 0.05) is 12.1 Å². The minimum Gasteiger partial charge on any atom is -0.508 e. The van der Waals surface area contributed by atoms with Gasteiger partial charge in [0.2, 0.25) is 11.8 Å². The van der Waals surface area contributed by atoms with Crippen LogP contribution < -0.4 is 10.6 Å². The second kappa shape index (κ2) is 12.3. The summed E-state index contributed by atoms with van der Waals surface area (Å²) in [5.41, 5.74) is -0.0873. The standard InChI is InChI=1S/C27H43N3O5/c1-8-10-18(4)28-24(32)23(19-13-15-21(31)16-14-19)30(20-11-9-12-20)25(33)22(17(2)3)29-26(34)35-27(5,6)7/h13-18,20,22-23,31H,8-12H2,1-7H3,(H,28,32)(H,29,34). The van der Waals surface area contributed by atoms with E-state index in [0.29, 0.717) is 5.56 Å². The summed E-state index contributed by atoms with van der Waals surface area (Å²) in [6, 6.07) is 4.49. The number of carbonyl (C=O) groups is 3. The van der Waals surface area contributed by atoms with E-state index in [1.165, 1.54) is 12.1 Å². The highest BCUT2D eigenvalue weighted by Gasteiger charge is 2.42. The Balaban J connectivity index is 2.45. The smallest absolute Gasteiger partial charge is 0.408 e. The maximum atomic E-state index is 14.0. The molecular formula is C27H43N3O5. The van der Waals surface area contributed by atoms with Crippen LogP contribution in [0, 0.1) is 5.92 Å². The van der Waals surface area contributed by atoms with Crippen molar-refractivity contribution in [3.05, 3.63) is 29.8 Å². The maximum absolute atomic E-state index is 14.0. The Morgan fingerprint density at radius 1 is 1.09 bits per heavy atom. The van der Waals surface area contributed by atoms with Crippen molar-refractivity contribution in [2.75, 3.05) is 0 Å². The van der Waals surface area contributed by atoms with E-state index in [4.69, 9.17) is 4.74 Å². The van der Waals surface area contributed by atoms with E-state index in [1.807, 2.05) is 20.8 Å². The Morgan fingerprint density at radius 2 is 1.69 bits per heavy atom. The van der Waals surface area contributed by atoms with Gasteiger partial charge in [0.05, 0.1) is 0 Å². The third-order valence-electron chi connectivity index (χ3n) is 6.17. The zero-order valence-corrected chi connectivity index (χ0v) is 22.3. The van der Waals surface area contributed by atoms with E-state index in [9.17, 15) is 19.5 Å². The highest BCUT2D eigenvalue weighted by atomic mass is 16.6. The van der Waals surface area contributed by atoms with E-state index in [1.54, 1.807) is 37.8 Å². The van der Waals surface area contributed by atoms with E-state index < -0.39 is 23.8 Å². The monoisotopic (exact) mass is 489 g/mol. The van der Waals surface area contributed by atoms with Gasteiger partial charge in [-0.25, -0.2) is 4.79 Å². The molecule has 196 valence electrons. The Morgan fingerprint density at radius 3 is 2.14 bits per heavy atom. The van der Waals surface area contributed by atoms with Crippen molar-refractivity contribution < 1.29 is 24.2 Å². The van der Waals surface area contributed by atoms with Crippen LogP contribution in [0.5, 0.6) is 5.75 Å². The fourth-order valence-corrected chi connectivity index (χ4v) is 4.21. The fraction of sp³-hybridized carbons (Fsp3) is 0.667. The quantitative estimate of drug-likeness (QED) is 0.443. The summed E-state index contributed by atoms with van der Waals surface area (Å²) in [7, 11) is 0. The van der Waals surface area contributed by atoms with Crippen molar-refractivity contribution in [2.45, 2.75) is 110 Å². The SMILES string of the molecule is CCCC(C)NC(=O)C(c1ccc(O)cc1)N(C(=O)C(NC(=O)OC(C)(C)C)C(C)C)C1CCC1. The van der Waals surface area contributed by atoms with E-state index in [-0.39, 0.29) is 35.6 Å². The van der Waals surface area contributed by atoms with Gasteiger partial charge in [0.25, 0.3) is 0 Å². The number of nitrogens with one attached hydrogen (secondary N) is 2. The Hall–Kier alpha value is -2.77. The van der Waals surface area contributed by atoms with Crippen LogP contribution in [0.4, 0.5) is 4.79 Å². The Kier molecular flexibility index (Phi) is 9.98. The number of hydrogen-bond donors (Lipinski definition) is 3. The van der Waals surface area contributed by atoms with Crippen LogP contribution in [-0.4, -0.2) is 51.6 Å². The van der Waals surface area contributed by atoms with Crippen LogP contribution in [0.25, 0.3) is 0 Å². The van der Waals surface area contributed by atoms with Crippen LogP contribution in [0.2, 0.25) is 0 Å². The average Bonchev–Trinajstić information content (AvgIpc) is 2.69. The maximum Gasteiger partial charge on any atom is 0.408 e. The van der Waals surface area contributed by atoms with E-state index in [0.717, 1.165) is 32.1 Å². The highest BCUT2D eigenvalue weighted by Crippen LogP contribution is 2.35. The number of alkyl carbamates (subject to hydrolysis) is 1. The average molecular weight is 490 g/mol. The van der Waals surface area contributed by atoms with Crippen LogP contribution in [0.3, 0.4) is 0 Å². The van der Waals surface area contributed by atoms with Gasteiger partial charge in [-0.3, -0.25) is 9.59 Å². The minimum absolute atomic E-state index is 0.0498. The van der Waals surface area contributed by atoms with Gasteiger partial charge >= 0.3 is 6.09 Å². The zero-order chi connectivity index (χ0) is 26.3. The van der Waals surface area contributed by atoms with Crippen LogP contribution >= 0.6 is 0 Å². The van der Waals surface area contributed by atoms with Crippen molar-refractivity contribution in [3.63, 3.8) is 0 Å². The Bertz CT molecular complexity index is 859. The molecule has 0 spiro atoms. The first-order chi connectivity index (χ1) is 16.3. The molecule has 3 amide bonds. The molecule has 0 aliphatic heterocycles. The number of phenolic OH excluding ortho intramolecular Hbond substituents is 1. The van der Waals surface area contributed by atoms with Crippen molar-refractivity contribution in [3.8, 4) is 5.75 Å². The van der Waals surface area contributed by atoms with Gasteiger partial charge in [-0.15, -0.1) is 0 Å². The number of carbonyl (C=O) groups excluding carboxylic acids is 3. The first-order valence-corrected chi connectivity index (χ1v) is 12.7. The number of benzene rings is 1. The summed E-state index contributed by atoms with van der Waals surface area (Å²) in [4.78, 5) is 41.9. The lowest BCUT2D eigenvalue weighted by Crippen LogP contribution is -2.59. The third-order valence-corrected chi connectivity index (χ3v) is 6.17. The molecule has 1 saturated carbocycles. The van der Waals surface area contributed by atoms with Crippen molar-refractivity contribution in [1.29, 1.82) is 0 Å². The lowest BCUT2D eigenvalue weighted by molar-refractivity contribution is -0.148. The molecule has 0 radical (unpaired) electrons. The van der Waals surface area contributed by atoms with Gasteiger partial charge in [-0.05, 0) is 77.0 Å². The molecule has 2 rings (SSSR count). The lowest BCUT2D eigenvalue weighted by atomic mass is 9.87. The fourth-order valence-electron chi connectivity index (χ4n) is 4.21. The normalized spacial score (nSPS) is 16.6. The zero-order valence-electron chi connectivity index (χ0n) is 22.3. The molecule has 3 unspecified atom stereocenters. The molecule has 1 aromatic carbocycles. The van der Waals surface area contributed by atoms with Gasteiger partial charge in [-0.2, -0.15) is 0 Å². The van der Waals surface area contributed by atoms with Crippen LogP contribution in [0.15, 0.2) is 24.3 Å². The summed E-state index contributed by atoms with van der Waals surface area (Å²) in [6.45, 7) is 13.0. The molecule has 8 heteroatoms. The molecule has 1 aliphatic carbocycles. The summed E-state index contributed by atoms with van der Waals surface area (Å²) >= 11 is 0. The second-order valence-corrected chi connectivity index (χ2v) is 10.9. The molecule has 3 N–H and O–H groups in total. The van der Waals surface area contributed by atoms with Crippen LogP contribution in [-0.2, 0) is 14.3 Å². The van der Waals surface area contributed by atoms with Crippen molar-refractivity contribution in [2.24, 2.45) is 5.92 Å². The largest absolute Gasteiger partial charge is 0.508 e. The predicted octanol–water partition coefficient (Wildman–Crippen LogP) is 4.67. The highest BCUT2D eigenvalue weighted by molar-refractivity contribution is 5.92. The number of rotatable bonds is 10. The number of hydrogen-bond acceptors (Lipinski definition) is 5. The van der Waals surface area contributed by atoms with Crippen LogP contribution in [0.1, 0.15) is 92.2 Å². The molecule has 0 saturated heterocycles. The van der Waals surface area contributed by atoms with Gasteiger partial charge < -0.3 is 25.4 Å². The number of amides is 3. The second-order valence-electron chi connectivity index (χ2n) is 10.9. The molecule has 35 heavy (non-hydrogen) atoms. The van der Waals surface area contributed by atoms with Crippen molar-refractivity contribution >= 4 is 17.9 Å². The molecular weight excluding hydrogens is 446 g/mol. The molecule has 8 nitrogen and oxygen atoms in total. The van der Waals surface area contributed by atoms with E-state index >= 15 is 0 Å². The Labute approximate surface area is 209 Å². The number of ether oxygens (including phenoxy) is 1. The number of aromatic hydroxyl groups is 1. The first-order valence-electron chi connectivity index (χ1n) is 12.7. The van der Waals surface area contributed by atoms with Gasteiger partial charge in [0.1, 0.15) is 23.4 Å². The lowest BCUT2D eigenvalue weighted by Gasteiger charge is -2.44. The predicted molar refractivity (Wildman–Crippen MR) is 136 cm³/mol. The number of nitrogens with zero attached hydrogens (tertiary/aromatic N) is 1. The van der Waals surface area contributed by atoms with Gasteiger partial charge in [0.15, 0.2) is 0 Å². The molecule has 1 fully saturated rings. The summed E-state index contributed by atoms with van der Waals surface area (Å²) in [6.07, 6.45) is 3.62. The summed E-state index contributed by atoms with van der Waals surface area (Å²) in [5.74, 6) is -0.718. The summed E-state index contributed by atoms with van der Waals surface area (Å²) < 4.78 is 5.41. The van der Waals surface area contributed by atoms with E-state index in [2.05, 4.69) is 17.6 Å².